The largest absolute Gasteiger partial charge is 0.598 e. The van der Waals surface area contributed by atoms with Crippen molar-refractivity contribution in [3.8, 4) is 0 Å². The van der Waals surface area contributed by atoms with Crippen molar-refractivity contribution < 1.29 is 14.5 Å². The Balaban J connectivity index is 2.15. The third-order valence-electron chi connectivity index (χ3n) is 5.23. The van der Waals surface area contributed by atoms with Gasteiger partial charge in [-0.1, -0.05) is 20.8 Å². The summed E-state index contributed by atoms with van der Waals surface area (Å²) in [5, 5.41) is 9.17. The highest BCUT2D eigenvalue weighted by Crippen LogP contribution is 2.30. The van der Waals surface area contributed by atoms with E-state index >= 15 is 0 Å². The van der Waals surface area contributed by atoms with Gasteiger partial charge < -0.3 is 14.6 Å². The van der Waals surface area contributed by atoms with Gasteiger partial charge in [0, 0.05) is 30.6 Å². The van der Waals surface area contributed by atoms with E-state index in [9.17, 15) is 9.35 Å². The van der Waals surface area contributed by atoms with Gasteiger partial charge in [-0.15, -0.1) is 4.72 Å². The molecule has 2 heterocycles. The predicted octanol–water partition coefficient (Wildman–Crippen LogP) is 4.25. The fourth-order valence-electron chi connectivity index (χ4n) is 3.32. The van der Waals surface area contributed by atoms with Crippen LogP contribution < -0.4 is 4.72 Å². The summed E-state index contributed by atoms with van der Waals surface area (Å²) < 4.78 is 15.7. The van der Waals surface area contributed by atoms with Crippen LogP contribution in [0.15, 0.2) is 18.3 Å². The van der Waals surface area contributed by atoms with Gasteiger partial charge in [-0.25, -0.2) is 4.79 Å². The SMILES string of the molecule is CC(C)(C)c1ccnc(C(CC[C@H]2CCN(C(=O)O)C2)N[S+]([O-])C(C)(C)C)c1. The van der Waals surface area contributed by atoms with Crippen LogP contribution in [-0.4, -0.2) is 43.5 Å². The summed E-state index contributed by atoms with van der Waals surface area (Å²) in [4.78, 5) is 17.2. The smallest absolute Gasteiger partial charge is 0.407 e. The maximum Gasteiger partial charge on any atom is 0.407 e. The summed E-state index contributed by atoms with van der Waals surface area (Å²) in [6.07, 6.45) is 3.53. The van der Waals surface area contributed by atoms with Crippen molar-refractivity contribution in [1.82, 2.24) is 14.6 Å². The minimum atomic E-state index is -1.21. The maximum atomic E-state index is 12.8. The number of rotatable bonds is 6. The third kappa shape index (κ3) is 6.36. The molecule has 0 aliphatic carbocycles. The van der Waals surface area contributed by atoms with Crippen molar-refractivity contribution in [2.24, 2.45) is 5.92 Å². The quantitative estimate of drug-likeness (QED) is 0.686. The standard InChI is InChI=1S/C21H35N3O3S/c1-20(2,3)16-9-11-22-18(13-16)17(23-28(27)21(4,5)6)8-7-15-10-12-24(14-15)19(25)26/h9,11,13,15,17,23H,7-8,10,12,14H2,1-6H3,(H,25,26)/t15-,17?,28?/m0/s1. The summed E-state index contributed by atoms with van der Waals surface area (Å²) in [6, 6.07) is 4.01. The number of carbonyl (C=O) groups is 1. The van der Waals surface area contributed by atoms with Gasteiger partial charge in [-0.05, 0) is 69.1 Å². The molecule has 1 aliphatic rings. The predicted molar refractivity (Wildman–Crippen MR) is 114 cm³/mol. The molecule has 1 fully saturated rings. The van der Waals surface area contributed by atoms with Gasteiger partial charge in [0.15, 0.2) is 0 Å². The van der Waals surface area contributed by atoms with E-state index in [1.807, 2.05) is 33.0 Å². The highest BCUT2D eigenvalue weighted by molar-refractivity contribution is 7.90. The molecule has 158 valence electrons. The second-order valence-electron chi connectivity index (χ2n) is 9.73. The zero-order valence-electron chi connectivity index (χ0n) is 18.0. The zero-order chi connectivity index (χ0) is 21.1. The Morgan fingerprint density at radius 3 is 2.61 bits per heavy atom. The lowest BCUT2D eigenvalue weighted by Crippen LogP contribution is -2.41. The normalized spacial score (nSPS) is 20.2. The first-order valence-corrected chi connectivity index (χ1v) is 11.2. The molecule has 28 heavy (non-hydrogen) atoms. The Hall–Kier alpha value is -1.31. The van der Waals surface area contributed by atoms with Gasteiger partial charge in [-0.2, -0.15) is 0 Å². The number of likely N-dealkylation sites (tertiary alicyclic amines) is 1. The molecular formula is C21H35N3O3S. The summed E-state index contributed by atoms with van der Waals surface area (Å²) in [6.45, 7) is 13.5. The van der Waals surface area contributed by atoms with E-state index in [2.05, 4.69) is 36.5 Å². The van der Waals surface area contributed by atoms with Gasteiger partial charge in [0.2, 0.25) is 0 Å². The topological polar surface area (TPSA) is 88.5 Å². The lowest BCUT2D eigenvalue weighted by molar-refractivity contribution is 0.153. The van der Waals surface area contributed by atoms with Crippen molar-refractivity contribution in [2.45, 2.75) is 77.0 Å². The first-order chi connectivity index (χ1) is 12.9. The van der Waals surface area contributed by atoms with Crippen LogP contribution in [0.3, 0.4) is 0 Å². The lowest BCUT2D eigenvalue weighted by Gasteiger charge is -2.29. The van der Waals surface area contributed by atoms with E-state index in [0.29, 0.717) is 19.0 Å². The van der Waals surface area contributed by atoms with Gasteiger partial charge in [0.25, 0.3) is 0 Å². The number of aromatic nitrogens is 1. The van der Waals surface area contributed by atoms with Gasteiger partial charge >= 0.3 is 6.09 Å². The number of carboxylic acid groups (broad SMARTS) is 1. The fourth-order valence-corrected chi connectivity index (χ4v) is 4.17. The molecule has 1 saturated heterocycles. The lowest BCUT2D eigenvalue weighted by atomic mass is 9.86. The van der Waals surface area contributed by atoms with Gasteiger partial charge in [0.05, 0.1) is 11.7 Å². The molecule has 2 unspecified atom stereocenters. The molecule has 6 nitrogen and oxygen atoms in total. The average molecular weight is 410 g/mol. The van der Waals surface area contributed by atoms with Gasteiger partial charge in [-0.3, -0.25) is 4.98 Å². The first-order valence-electron chi connectivity index (χ1n) is 10.0. The molecule has 0 bridgehead atoms. The number of hydrogen-bond acceptors (Lipinski definition) is 4. The molecule has 0 saturated carbocycles. The van der Waals surface area contributed by atoms with Crippen LogP contribution in [0, 0.1) is 5.92 Å². The fraction of sp³-hybridized carbons (Fsp3) is 0.714. The number of nitrogens with zero attached hydrogens (tertiary/aromatic N) is 2. The second-order valence-corrected chi connectivity index (χ2v) is 11.7. The van der Waals surface area contributed by atoms with Crippen LogP contribution in [0.25, 0.3) is 0 Å². The molecule has 3 atom stereocenters. The van der Waals surface area contributed by atoms with Crippen LogP contribution >= 0.6 is 0 Å². The zero-order valence-corrected chi connectivity index (χ0v) is 18.8. The van der Waals surface area contributed by atoms with E-state index < -0.39 is 17.5 Å². The van der Waals surface area contributed by atoms with Crippen molar-refractivity contribution in [3.05, 3.63) is 29.6 Å². The van der Waals surface area contributed by atoms with E-state index in [1.165, 1.54) is 10.5 Å². The molecule has 1 aromatic heterocycles. The first kappa shape index (κ1) is 23.0. The van der Waals surface area contributed by atoms with Crippen LogP contribution in [0.4, 0.5) is 4.79 Å². The number of amides is 1. The van der Waals surface area contributed by atoms with E-state index in [0.717, 1.165) is 25.0 Å². The second kappa shape index (κ2) is 9.01. The molecule has 0 radical (unpaired) electrons. The monoisotopic (exact) mass is 409 g/mol. The average Bonchev–Trinajstić information content (AvgIpc) is 3.06. The minimum absolute atomic E-state index is 0.0128. The number of nitrogens with one attached hydrogen (secondary N) is 1. The highest BCUT2D eigenvalue weighted by Gasteiger charge is 2.32. The molecule has 2 N–H and O–H groups in total. The maximum absolute atomic E-state index is 12.8. The summed E-state index contributed by atoms with van der Waals surface area (Å²) in [5.74, 6) is 0.342. The Bertz CT molecular complexity index is 670. The Labute approximate surface area is 172 Å². The van der Waals surface area contributed by atoms with Crippen LogP contribution in [0.1, 0.15) is 78.1 Å². The Morgan fingerprint density at radius 2 is 2.07 bits per heavy atom. The van der Waals surface area contributed by atoms with Crippen LogP contribution in [0.5, 0.6) is 0 Å². The Morgan fingerprint density at radius 1 is 1.39 bits per heavy atom. The van der Waals surface area contributed by atoms with E-state index in [-0.39, 0.29) is 16.2 Å². The molecule has 1 aliphatic heterocycles. The van der Waals surface area contributed by atoms with Crippen molar-refractivity contribution >= 4 is 17.5 Å². The third-order valence-corrected chi connectivity index (χ3v) is 6.84. The highest BCUT2D eigenvalue weighted by atomic mass is 32.2. The Kier molecular flexibility index (Phi) is 7.39. The molecule has 0 spiro atoms. The molecule has 7 heteroatoms. The van der Waals surface area contributed by atoms with Crippen LogP contribution in [-0.2, 0) is 16.8 Å². The summed E-state index contributed by atoms with van der Waals surface area (Å²) in [5.41, 5.74) is 2.11. The van der Waals surface area contributed by atoms with Gasteiger partial charge in [0.1, 0.15) is 4.75 Å². The summed E-state index contributed by atoms with van der Waals surface area (Å²) >= 11 is -1.21. The van der Waals surface area contributed by atoms with E-state index in [4.69, 9.17) is 5.11 Å². The molecule has 1 amide bonds. The molecule has 1 aromatic rings. The van der Waals surface area contributed by atoms with E-state index in [1.54, 1.807) is 0 Å². The molecule has 0 aromatic carbocycles. The number of pyridine rings is 1. The van der Waals surface area contributed by atoms with Crippen molar-refractivity contribution in [2.75, 3.05) is 13.1 Å². The number of hydrogen-bond donors (Lipinski definition) is 2. The molecular weight excluding hydrogens is 374 g/mol. The minimum Gasteiger partial charge on any atom is -0.598 e. The summed E-state index contributed by atoms with van der Waals surface area (Å²) in [7, 11) is 0. The molecule has 2 rings (SSSR count). The van der Waals surface area contributed by atoms with Crippen molar-refractivity contribution in [3.63, 3.8) is 0 Å². The van der Waals surface area contributed by atoms with Crippen LogP contribution in [0.2, 0.25) is 0 Å². The van der Waals surface area contributed by atoms with Crippen molar-refractivity contribution in [1.29, 1.82) is 0 Å².